The Hall–Kier alpha value is -3.07. The average molecular weight is 492 g/mol. The lowest BCUT2D eigenvalue weighted by Gasteiger charge is -2.44. The number of benzene rings is 3. The van der Waals surface area contributed by atoms with Gasteiger partial charge in [0.15, 0.2) is 6.29 Å². The van der Waals surface area contributed by atoms with E-state index in [4.69, 9.17) is 18.9 Å². The first-order valence-electron chi connectivity index (χ1n) is 12.1. The van der Waals surface area contributed by atoms with Gasteiger partial charge in [-0.05, 0) is 16.7 Å². The van der Waals surface area contributed by atoms with E-state index in [1.54, 1.807) is 0 Å². The molecule has 1 amide bonds. The number of rotatable bonds is 11. The van der Waals surface area contributed by atoms with Crippen molar-refractivity contribution in [3.8, 4) is 0 Å². The molecule has 1 aliphatic rings. The first kappa shape index (κ1) is 26.0. The quantitative estimate of drug-likeness (QED) is 0.426. The second kappa shape index (κ2) is 13.3. The third-order valence-corrected chi connectivity index (χ3v) is 6.00. The Bertz CT molecular complexity index is 1050. The minimum atomic E-state index is -1.28. The monoisotopic (exact) mass is 491 g/mol. The number of carbonyl (C=O) groups excluding carboxylic acids is 1. The summed E-state index contributed by atoms with van der Waals surface area (Å²) in [5, 5.41) is 13.6. The Kier molecular flexibility index (Phi) is 9.61. The maximum absolute atomic E-state index is 12.0. The van der Waals surface area contributed by atoms with Gasteiger partial charge >= 0.3 is 0 Å². The zero-order valence-corrected chi connectivity index (χ0v) is 20.4. The van der Waals surface area contributed by atoms with Crippen LogP contribution in [0.4, 0.5) is 0 Å². The van der Waals surface area contributed by atoms with Gasteiger partial charge in [0.05, 0.1) is 26.4 Å². The van der Waals surface area contributed by atoms with Gasteiger partial charge in [-0.25, -0.2) is 0 Å². The molecule has 7 nitrogen and oxygen atoms in total. The highest BCUT2D eigenvalue weighted by atomic mass is 16.7. The first-order chi connectivity index (χ1) is 17.6. The smallest absolute Gasteiger partial charge is 0.217 e. The topological polar surface area (TPSA) is 86.3 Å². The van der Waals surface area contributed by atoms with Crippen LogP contribution in [0, 0.1) is 0 Å². The van der Waals surface area contributed by atoms with Crippen LogP contribution in [-0.2, 0) is 43.6 Å². The molecule has 1 fully saturated rings. The van der Waals surface area contributed by atoms with Crippen molar-refractivity contribution in [1.29, 1.82) is 0 Å². The molecule has 3 aromatic carbocycles. The number of hydrogen-bond acceptors (Lipinski definition) is 6. The molecular formula is C29H33NO6. The van der Waals surface area contributed by atoms with E-state index in [0.717, 1.165) is 16.7 Å². The van der Waals surface area contributed by atoms with E-state index in [-0.39, 0.29) is 19.1 Å². The molecule has 5 atom stereocenters. The molecule has 7 heteroatoms. The molecule has 2 N–H and O–H groups in total. The maximum Gasteiger partial charge on any atom is 0.217 e. The zero-order chi connectivity index (χ0) is 25.2. The van der Waals surface area contributed by atoms with Crippen molar-refractivity contribution in [3.63, 3.8) is 0 Å². The van der Waals surface area contributed by atoms with Crippen LogP contribution in [-0.4, -0.2) is 48.3 Å². The van der Waals surface area contributed by atoms with E-state index in [2.05, 4.69) is 5.32 Å². The molecule has 0 aliphatic carbocycles. The van der Waals surface area contributed by atoms with E-state index < -0.39 is 30.6 Å². The van der Waals surface area contributed by atoms with Gasteiger partial charge in [0.1, 0.15) is 24.4 Å². The van der Waals surface area contributed by atoms with Crippen LogP contribution in [0.3, 0.4) is 0 Å². The molecular weight excluding hydrogens is 458 g/mol. The standard InChI is InChI=1S/C29H33NO6/c1-21(31)30-26-28(35-19-24-15-9-4-10-16-24)27(34-18-23-13-7-3-8-14-23)25(36-29(26)32)20-33-17-22-11-5-2-6-12-22/h2-16,25-29,32H,17-20H2,1H3,(H,30,31)/t25-,26-,27-,28-,29-/m0/s1. The van der Waals surface area contributed by atoms with E-state index in [0.29, 0.717) is 13.2 Å². The molecule has 0 bridgehead atoms. The van der Waals surface area contributed by atoms with Crippen LogP contribution in [0.25, 0.3) is 0 Å². The number of carbonyl (C=O) groups is 1. The minimum absolute atomic E-state index is 0.184. The summed E-state index contributed by atoms with van der Waals surface area (Å²) >= 11 is 0. The van der Waals surface area contributed by atoms with Crippen LogP contribution in [0.15, 0.2) is 91.0 Å². The Morgan fingerprint density at radius 1 is 0.778 bits per heavy atom. The summed E-state index contributed by atoms with van der Waals surface area (Å²) in [5.74, 6) is -0.295. The number of hydrogen-bond donors (Lipinski definition) is 2. The summed E-state index contributed by atoms with van der Waals surface area (Å²) in [6, 6.07) is 28.6. The molecule has 0 saturated carbocycles. The van der Waals surface area contributed by atoms with Crippen molar-refractivity contribution >= 4 is 5.91 Å². The van der Waals surface area contributed by atoms with Gasteiger partial charge < -0.3 is 29.4 Å². The van der Waals surface area contributed by atoms with Crippen LogP contribution in [0.2, 0.25) is 0 Å². The van der Waals surface area contributed by atoms with Crippen molar-refractivity contribution < 1.29 is 28.8 Å². The van der Waals surface area contributed by atoms with Crippen LogP contribution < -0.4 is 5.32 Å². The normalized spacial score (nSPS) is 23.8. The second-order valence-electron chi connectivity index (χ2n) is 8.81. The first-order valence-corrected chi connectivity index (χ1v) is 12.1. The lowest BCUT2D eigenvalue weighted by Crippen LogP contribution is -2.65. The third-order valence-electron chi connectivity index (χ3n) is 6.00. The minimum Gasteiger partial charge on any atom is -0.374 e. The highest BCUT2D eigenvalue weighted by molar-refractivity contribution is 5.73. The van der Waals surface area contributed by atoms with E-state index in [9.17, 15) is 9.90 Å². The molecule has 190 valence electrons. The van der Waals surface area contributed by atoms with Crippen LogP contribution >= 0.6 is 0 Å². The maximum atomic E-state index is 12.0. The molecule has 3 aromatic rings. The predicted octanol–water partition coefficient (Wildman–Crippen LogP) is 3.60. The van der Waals surface area contributed by atoms with Crippen molar-refractivity contribution in [2.24, 2.45) is 0 Å². The Labute approximate surface area is 212 Å². The van der Waals surface area contributed by atoms with Crippen molar-refractivity contribution in [2.45, 2.75) is 57.4 Å². The fraction of sp³-hybridized carbons (Fsp3) is 0.345. The molecule has 0 unspecified atom stereocenters. The molecule has 0 aromatic heterocycles. The predicted molar refractivity (Wildman–Crippen MR) is 135 cm³/mol. The summed E-state index contributed by atoms with van der Waals surface area (Å²) in [5.41, 5.74) is 2.99. The number of aliphatic hydroxyl groups excluding tert-OH is 1. The summed E-state index contributed by atoms with van der Waals surface area (Å²) in [4.78, 5) is 12.0. The van der Waals surface area contributed by atoms with E-state index in [1.165, 1.54) is 6.92 Å². The molecule has 0 spiro atoms. The fourth-order valence-electron chi connectivity index (χ4n) is 4.24. The van der Waals surface area contributed by atoms with Gasteiger partial charge in [-0.2, -0.15) is 0 Å². The van der Waals surface area contributed by atoms with Gasteiger partial charge in [-0.3, -0.25) is 4.79 Å². The highest BCUT2D eigenvalue weighted by Crippen LogP contribution is 2.27. The van der Waals surface area contributed by atoms with Crippen LogP contribution in [0.1, 0.15) is 23.6 Å². The molecule has 1 heterocycles. The Morgan fingerprint density at radius 3 is 1.75 bits per heavy atom. The van der Waals surface area contributed by atoms with Gasteiger partial charge in [0.25, 0.3) is 0 Å². The van der Waals surface area contributed by atoms with Crippen molar-refractivity contribution in [3.05, 3.63) is 108 Å². The lowest BCUT2D eigenvalue weighted by molar-refractivity contribution is -0.277. The SMILES string of the molecule is CC(=O)N[C@H]1[C@H](OCc2ccccc2)[C@@H](OCc2ccccc2)[C@H](COCc2ccccc2)O[C@@H]1O. The van der Waals surface area contributed by atoms with Crippen LogP contribution in [0.5, 0.6) is 0 Å². The van der Waals surface area contributed by atoms with Crippen molar-refractivity contribution in [2.75, 3.05) is 6.61 Å². The number of ether oxygens (including phenoxy) is 4. The Morgan fingerprint density at radius 2 is 1.25 bits per heavy atom. The lowest BCUT2D eigenvalue weighted by atomic mass is 9.96. The largest absolute Gasteiger partial charge is 0.374 e. The van der Waals surface area contributed by atoms with Gasteiger partial charge in [0, 0.05) is 6.92 Å². The summed E-state index contributed by atoms with van der Waals surface area (Å²) in [6.07, 6.45) is -3.17. The molecule has 4 rings (SSSR count). The number of nitrogens with one attached hydrogen (secondary N) is 1. The number of amides is 1. The molecule has 1 saturated heterocycles. The number of aliphatic hydroxyl groups is 1. The summed E-state index contributed by atoms with van der Waals surface area (Å²) in [6.45, 7) is 2.58. The van der Waals surface area contributed by atoms with Crippen molar-refractivity contribution in [1.82, 2.24) is 5.32 Å². The van der Waals surface area contributed by atoms with Gasteiger partial charge in [-0.1, -0.05) is 91.0 Å². The Balaban J connectivity index is 1.53. The average Bonchev–Trinajstić information content (AvgIpc) is 2.90. The fourth-order valence-corrected chi connectivity index (χ4v) is 4.24. The molecule has 1 aliphatic heterocycles. The second-order valence-corrected chi connectivity index (χ2v) is 8.81. The summed E-state index contributed by atoms with van der Waals surface area (Å²) < 4.78 is 24.6. The third kappa shape index (κ3) is 7.46. The highest BCUT2D eigenvalue weighted by Gasteiger charge is 2.47. The zero-order valence-electron chi connectivity index (χ0n) is 20.4. The molecule has 36 heavy (non-hydrogen) atoms. The molecule has 0 radical (unpaired) electrons. The van der Waals surface area contributed by atoms with E-state index in [1.807, 2.05) is 91.0 Å². The van der Waals surface area contributed by atoms with Gasteiger partial charge in [0.2, 0.25) is 5.91 Å². The summed E-state index contributed by atoms with van der Waals surface area (Å²) in [7, 11) is 0. The van der Waals surface area contributed by atoms with E-state index >= 15 is 0 Å². The van der Waals surface area contributed by atoms with Gasteiger partial charge in [-0.15, -0.1) is 0 Å².